The number of halogens is 2. The van der Waals surface area contributed by atoms with Crippen molar-refractivity contribution in [1.82, 2.24) is 9.55 Å². The second-order valence-electron chi connectivity index (χ2n) is 4.71. The Morgan fingerprint density at radius 3 is 2.85 bits per heavy atom. The number of carboxylic acid groups (broad SMARTS) is 1. The van der Waals surface area contributed by atoms with E-state index in [1.807, 2.05) is 0 Å². The number of imidazole rings is 1. The number of rotatable bonds is 5. The van der Waals surface area contributed by atoms with Gasteiger partial charge in [-0.1, -0.05) is 0 Å². The van der Waals surface area contributed by atoms with Crippen molar-refractivity contribution in [2.45, 2.75) is 25.3 Å². The molecule has 1 aromatic carbocycles. The molecule has 2 aromatic rings. The van der Waals surface area contributed by atoms with Gasteiger partial charge >= 0.3 is 5.97 Å². The second-order valence-corrected chi connectivity index (χ2v) is 4.71. The van der Waals surface area contributed by atoms with Gasteiger partial charge in [-0.25, -0.2) is 13.6 Å². The summed E-state index contributed by atoms with van der Waals surface area (Å²) in [6, 6.07) is 4.86. The van der Waals surface area contributed by atoms with Gasteiger partial charge in [0.15, 0.2) is 6.61 Å². The predicted octanol–water partition coefficient (Wildman–Crippen LogP) is 2.71. The molecule has 0 saturated heterocycles. The molecule has 1 N–H and O–H groups in total. The van der Waals surface area contributed by atoms with E-state index in [0.717, 1.165) is 12.8 Å². The van der Waals surface area contributed by atoms with Crippen LogP contribution < -0.4 is 4.74 Å². The van der Waals surface area contributed by atoms with Gasteiger partial charge in [0.2, 0.25) is 0 Å². The number of aromatic carboxylic acids is 1. The first-order valence-corrected chi connectivity index (χ1v) is 6.22. The van der Waals surface area contributed by atoms with E-state index in [9.17, 15) is 13.6 Å². The lowest BCUT2D eigenvalue weighted by Gasteiger charge is -2.08. The molecule has 0 unspecified atom stereocenters. The Morgan fingerprint density at radius 2 is 2.25 bits per heavy atom. The van der Waals surface area contributed by atoms with E-state index < -0.39 is 19.0 Å². The summed E-state index contributed by atoms with van der Waals surface area (Å²) < 4.78 is 31.3. The van der Waals surface area contributed by atoms with Crippen molar-refractivity contribution in [1.29, 1.82) is 0 Å². The highest BCUT2D eigenvalue weighted by Crippen LogP contribution is 2.41. The van der Waals surface area contributed by atoms with Crippen LogP contribution in [0.2, 0.25) is 0 Å². The number of hydrogen-bond acceptors (Lipinski definition) is 3. The number of carboxylic acids is 1. The molecule has 0 amide bonds. The third-order valence-corrected chi connectivity index (χ3v) is 3.15. The minimum absolute atomic E-state index is 0.110. The molecule has 5 nitrogen and oxygen atoms in total. The molecule has 1 fully saturated rings. The fourth-order valence-electron chi connectivity index (χ4n) is 2.13. The van der Waals surface area contributed by atoms with Gasteiger partial charge in [0.25, 0.3) is 12.4 Å². The normalized spacial score (nSPS) is 14.9. The van der Waals surface area contributed by atoms with Crippen molar-refractivity contribution < 1.29 is 23.4 Å². The lowest BCUT2D eigenvalue weighted by molar-refractivity contribution is 0.0697. The van der Waals surface area contributed by atoms with Crippen LogP contribution in [0, 0.1) is 0 Å². The fraction of sp³-hybridized carbons (Fsp3) is 0.385. The third kappa shape index (κ3) is 2.31. The van der Waals surface area contributed by atoms with Crippen molar-refractivity contribution >= 4 is 17.0 Å². The number of nitrogens with zero attached hydrogens (tertiary/aromatic N) is 2. The Labute approximate surface area is 112 Å². The summed E-state index contributed by atoms with van der Waals surface area (Å²) in [5.74, 6) is -1.05. The fourth-order valence-corrected chi connectivity index (χ4v) is 2.13. The SMILES string of the molecule is O=C(O)c1ccc2c(c1)nc(OCC(F)F)n2C1CC1. The molecule has 1 aliphatic rings. The van der Waals surface area contributed by atoms with E-state index >= 15 is 0 Å². The Morgan fingerprint density at radius 1 is 1.50 bits per heavy atom. The first-order valence-electron chi connectivity index (χ1n) is 6.22. The number of carbonyl (C=O) groups is 1. The molecule has 3 rings (SSSR count). The van der Waals surface area contributed by atoms with Crippen molar-refractivity contribution in [2.75, 3.05) is 6.61 Å². The van der Waals surface area contributed by atoms with Gasteiger partial charge in [0.1, 0.15) is 0 Å². The summed E-state index contributed by atoms with van der Waals surface area (Å²) in [4.78, 5) is 15.1. The van der Waals surface area contributed by atoms with E-state index in [4.69, 9.17) is 9.84 Å². The van der Waals surface area contributed by atoms with Gasteiger partial charge in [-0.2, -0.15) is 4.98 Å². The summed E-state index contributed by atoms with van der Waals surface area (Å²) in [6.45, 7) is -0.720. The van der Waals surface area contributed by atoms with Crippen LogP contribution in [0.15, 0.2) is 18.2 Å². The summed E-state index contributed by atoms with van der Waals surface area (Å²) in [7, 11) is 0. The molecular formula is C13H12F2N2O3. The van der Waals surface area contributed by atoms with E-state index in [-0.39, 0.29) is 17.6 Å². The summed E-state index contributed by atoms with van der Waals surface area (Å²) >= 11 is 0. The van der Waals surface area contributed by atoms with E-state index in [2.05, 4.69) is 4.98 Å². The second kappa shape index (κ2) is 4.73. The van der Waals surface area contributed by atoms with Gasteiger partial charge in [-0.3, -0.25) is 4.57 Å². The lowest BCUT2D eigenvalue weighted by atomic mass is 10.2. The predicted molar refractivity (Wildman–Crippen MR) is 66.5 cm³/mol. The number of fused-ring (bicyclic) bond motifs is 1. The molecule has 0 aliphatic heterocycles. The number of aromatic nitrogens is 2. The number of alkyl halides is 2. The summed E-state index contributed by atoms with van der Waals surface area (Å²) in [5.41, 5.74) is 1.26. The van der Waals surface area contributed by atoms with Gasteiger partial charge in [-0.05, 0) is 31.0 Å². The monoisotopic (exact) mass is 282 g/mol. The zero-order valence-electron chi connectivity index (χ0n) is 10.4. The Kier molecular flexibility index (Phi) is 3.04. The van der Waals surface area contributed by atoms with E-state index in [1.165, 1.54) is 12.1 Å². The lowest BCUT2D eigenvalue weighted by Crippen LogP contribution is -2.10. The molecule has 1 aliphatic carbocycles. The Hall–Kier alpha value is -2.18. The maximum absolute atomic E-state index is 12.3. The first-order chi connectivity index (χ1) is 9.56. The van der Waals surface area contributed by atoms with Crippen molar-refractivity contribution in [3.05, 3.63) is 23.8 Å². The van der Waals surface area contributed by atoms with Crippen LogP contribution in [0.1, 0.15) is 29.2 Å². The smallest absolute Gasteiger partial charge is 0.335 e. The summed E-state index contributed by atoms with van der Waals surface area (Å²) in [6.07, 6.45) is -0.689. The number of benzene rings is 1. The quantitative estimate of drug-likeness (QED) is 0.915. The van der Waals surface area contributed by atoms with Crippen LogP contribution >= 0.6 is 0 Å². The minimum atomic E-state index is -2.57. The number of hydrogen-bond donors (Lipinski definition) is 1. The zero-order valence-corrected chi connectivity index (χ0v) is 10.4. The van der Waals surface area contributed by atoms with Gasteiger partial charge in [0, 0.05) is 6.04 Å². The molecule has 0 atom stereocenters. The molecule has 0 radical (unpaired) electrons. The van der Waals surface area contributed by atoms with Gasteiger partial charge in [-0.15, -0.1) is 0 Å². The summed E-state index contributed by atoms with van der Waals surface area (Å²) in [5, 5.41) is 8.95. The topological polar surface area (TPSA) is 64.3 Å². The molecule has 0 bridgehead atoms. The molecule has 106 valence electrons. The molecular weight excluding hydrogens is 270 g/mol. The van der Waals surface area contributed by atoms with Crippen molar-refractivity contribution in [3.8, 4) is 6.01 Å². The van der Waals surface area contributed by atoms with Crippen LogP contribution in [0.4, 0.5) is 8.78 Å². The highest BCUT2D eigenvalue weighted by Gasteiger charge is 2.29. The van der Waals surface area contributed by atoms with Gasteiger partial charge in [0.05, 0.1) is 16.6 Å². The zero-order chi connectivity index (χ0) is 14.3. The van der Waals surface area contributed by atoms with Crippen molar-refractivity contribution in [3.63, 3.8) is 0 Å². The molecule has 1 aromatic heterocycles. The van der Waals surface area contributed by atoms with E-state index in [0.29, 0.717) is 11.0 Å². The van der Waals surface area contributed by atoms with Crippen LogP contribution in [0.5, 0.6) is 6.01 Å². The van der Waals surface area contributed by atoms with Crippen molar-refractivity contribution in [2.24, 2.45) is 0 Å². The molecule has 1 heterocycles. The van der Waals surface area contributed by atoms with Crippen LogP contribution in [-0.4, -0.2) is 33.7 Å². The maximum Gasteiger partial charge on any atom is 0.335 e. The Balaban J connectivity index is 2.04. The Bertz CT molecular complexity index is 665. The highest BCUT2D eigenvalue weighted by atomic mass is 19.3. The van der Waals surface area contributed by atoms with Crippen LogP contribution in [0.25, 0.3) is 11.0 Å². The molecule has 0 spiro atoms. The average Bonchev–Trinajstić information content (AvgIpc) is 3.16. The highest BCUT2D eigenvalue weighted by molar-refractivity contribution is 5.92. The molecule has 1 saturated carbocycles. The molecule has 7 heteroatoms. The first kappa shape index (κ1) is 12.8. The van der Waals surface area contributed by atoms with Gasteiger partial charge < -0.3 is 9.84 Å². The average molecular weight is 282 g/mol. The number of ether oxygens (including phenoxy) is 1. The van der Waals surface area contributed by atoms with Crippen LogP contribution in [0.3, 0.4) is 0 Å². The largest absolute Gasteiger partial charge is 0.478 e. The molecule has 20 heavy (non-hydrogen) atoms. The maximum atomic E-state index is 12.3. The van der Waals surface area contributed by atoms with Crippen LogP contribution in [-0.2, 0) is 0 Å². The van der Waals surface area contributed by atoms with E-state index in [1.54, 1.807) is 10.6 Å². The third-order valence-electron chi connectivity index (χ3n) is 3.15. The minimum Gasteiger partial charge on any atom is -0.478 e. The standard InChI is InChI=1S/C13H12F2N2O3/c14-11(15)6-20-13-16-9-5-7(12(18)19)1-4-10(9)17(13)8-2-3-8/h1,4-5,8,11H,2-3,6H2,(H,18,19).